The summed E-state index contributed by atoms with van der Waals surface area (Å²) in [6.07, 6.45) is -0.0354. The Morgan fingerprint density at radius 2 is 1.86 bits per heavy atom. The molecule has 0 bridgehead atoms. The van der Waals surface area contributed by atoms with Crippen molar-refractivity contribution in [1.82, 2.24) is 4.57 Å². The zero-order valence-corrected chi connectivity index (χ0v) is 14.8. The van der Waals surface area contributed by atoms with Gasteiger partial charge in [0.2, 0.25) is 5.43 Å². The number of aromatic nitrogens is 1. The summed E-state index contributed by atoms with van der Waals surface area (Å²) in [5, 5.41) is 16.9. The lowest BCUT2D eigenvalue weighted by molar-refractivity contribution is -0.192. The second-order valence-electron chi connectivity index (χ2n) is 6.32. The number of pyridine rings is 1. The summed E-state index contributed by atoms with van der Waals surface area (Å²) in [6, 6.07) is 3.97. The highest BCUT2D eigenvalue weighted by Gasteiger charge is 2.38. The van der Waals surface area contributed by atoms with E-state index in [4.69, 9.17) is 15.6 Å². The van der Waals surface area contributed by atoms with Crippen molar-refractivity contribution in [2.75, 3.05) is 6.54 Å². The lowest BCUT2D eigenvalue weighted by Gasteiger charge is -2.21. The number of halogens is 3. The van der Waals surface area contributed by atoms with Crippen LogP contribution in [0.2, 0.25) is 0 Å². The molecule has 0 unspecified atom stereocenters. The molecule has 2 aromatic rings. The SMILES string of the molecule is NCCCc1cc2c3c(c1)c(=O)c(C(=O)O)cn3CCC2.O=C(O)C(F)(F)F. The molecule has 4 N–H and O–H groups in total. The minimum absolute atomic E-state index is 0.147. The van der Waals surface area contributed by atoms with E-state index in [0.29, 0.717) is 11.9 Å². The van der Waals surface area contributed by atoms with Crippen molar-refractivity contribution < 1.29 is 33.0 Å². The third-order valence-corrected chi connectivity index (χ3v) is 4.30. The predicted molar refractivity (Wildman–Crippen MR) is 94.6 cm³/mol. The maximum Gasteiger partial charge on any atom is 0.490 e. The Balaban J connectivity index is 0.000000345. The average Bonchev–Trinajstić information content (AvgIpc) is 2.62. The van der Waals surface area contributed by atoms with Crippen LogP contribution in [0.15, 0.2) is 23.1 Å². The van der Waals surface area contributed by atoms with E-state index in [-0.39, 0.29) is 11.0 Å². The summed E-state index contributed by atoms with van der Waals surface area (Å²) >= 11 is 0. The molecule has 0 spiro atoms. The van der Waals surface area contributed by atoms with Crippen LogP contribution in [0.4, 0.5) is 13.2 Å². The number of rotatable bonds is 4. The molecule has 0 saturated carbocycles. The first-order valence-corrected chi connectivity index (χ1v) is 8.48. The number of alkyl halides is 3. The van der Waals surface area contributed by atoms with Crippen LogP contribution in [0.5, 0.6) is 0 Å². The largest absolute Gasteiger partial charge is 0.490 e. The number of hydrogen-bond donors (Lipinski definition) is 3. The van der Waals surface area contributed by atoms with Crippen LogP contribution in [0.3, 0.4) is 0 Å². The average molecular weight is 400 g/mol. The van der Waals surface area contributed by atoms with Crippen LogP contribution in [0.25, 0.3) is 10.9 Å². The van der Waals surface area contributed by atoms with Gasteiger partial charge in [0.25, 0.3) is 0 Å². The van der Waals surface area contributed by atoms with Crippen molar-refractivity contribution in [2.24, 2.45) is 5.73 Å². The third-order valence-electron chi connectivity index (χ3n) is 4.30. The molecule has 7 nitrogen and oxygen atoms in total. The summed E-state index contributed by atoms with van der Waals surface area (Å²) in [4.78, 5) is 32.6. The zero-order chi connectivity index (χ0) is 21.1. The summed E-state index contributed by atoms with van der Waals surface area (Å²) in [5.74, 6) is -3.92. The highest BCUT2D eigenvalue weighted by molar-refractivity contribution is 5.93. The molecule has 2 heterocycles. The zero-order valence-electron chi connectivity index (χ0n) is 14.8. The van der Waals surface area contributed by atoms with Gasteiger partial charge in [-0.2, -0.15) is 13.2 Å². The Kier molecular flexibility index (Phi) is 6.45. The quantitative estimate of drug-likeness (QED) is 0.723. The van der Waals surface area contributed by atoms with Gasteiger partial charge in [0.1, 0.15) is 5.56 Å². The first kappa shape index (κ1) is 21.4. The van der Waals surface area contributed by atoms with E-state index in [1.165, 1.54) is 6.20 Å². The summed E-state index contributed by atoms with van der Waals surface area (Å²) in [6.45, 7) is 1.36. The van der Waals surface area contributed by atoms with Gasteiger partial charge in [-0.05, 0) is 49.4 Å². The maximum atomic E-state index is 12.4. The minimum atomic E-state index is -5.08. The smallest absolute Gasteiger partial charge is 0.477 e. The molecule has 152 valence electrons. The van der Waals surface area contributed by atoms with Gasteiger partial charge >= 0.3 is 18.1 Å². The van der Waals surface area contributed by atoms with Crippen LogP contribution in [-0.2, 0) is 24.2 Å². The molecule has 0 fully saturated rings. The Labute approximate surface area is 157 Å². The van der Waals surface area contributed by atoms with Gasteiger partial charge in [-0.15, -0.1) is 0 Å². The van der Waals surface area contributed by atoms with E-state index in [0.717, 1.165) is 48.9 Å². The first-order valence-electron chi connectivity index (χ1n) is 8.48. The number of aromatic carboxylic acids is 1. The number of nitrogens with zero attached hydrogens (tertiary/aromatic N) is 1. The molecule has 0 saturated heterocycles. The topological polar surface area (TPSA) is 123 Å². The molecule has 0 aliphatic carbocycles. The third kappa shape index (κ3) is 4.69. The molecular weight excluding hydrogens is 381 g/mol. The lowest BCUT2D eigenvalue weighted by atomic mass is 9.95. The lowest BCUT2D eigenvalue weighted by Crippen LogP contribution is -2.22. The van der Waals surface area contributed by atoms with E-state index in [1.54, 1.807) is 0 Å². The molecule has 0 atom stereocenters. The highest BCUT2D eigenvalue weighted by Crippen LogP contribution is 2.26. The number of carbonyl (C=O) groups is 2. The number of hydrogen-bond acceptors (Lipinski definition) is 4. The van der Waals surface area contributed by atoms with E-state index < -0.39 is 18.1 Å². The van der Waals surface area contributed by atoms with Crippen molar-refractivity contribution in [1.29, 1.82) is 0 Å². The number of aryl methyl sites for hydroxylation is 3. The van der Waals surface area contributed by atoms with Gasteiger partial charge in [-0.3, -0.25) is 4.79 Å². The van der Waals surface area contributed by atoms with Gasteiger partial charge in [-0.1, -0.05) is 6.07 Å². The molecule has 10 heteroatoms. The molecule has 28 heavy (non-hydrogen) atoms. The van der Waals surface area contributed by atoms with Crippen LogP contribution >= 0.6 is 0 Å². The molecule has 3 rings (SSSR count). The summed E-state index contributed by atoms with van der Waals surface area (Å²) in [7, 11) is 0. The standard InChI is InChI=1S/C16H18N2O3.C2HF3O2/c17-5-1-3-10-7-11-4-2-6-18-9-13(16(20)21)15(19)12(8-10)14(11)18;3-2(4,5)1(6)7/h7-9H,1-6,17H2,(H,20,21);(H,6,7). The predicted octanol–water partition coefficient (Wildman–Crippen LogP) is 2.17. The monoisotopic (exact) mass is 400 g/mol. The van der Waals surface area contributed by atoms with Crippen molar-refractivity contribution >= 4 is 22.8 Å². The van der Waals surface area contributed by atoms with Crippen molar-refractivity contribution in [3.63, 3.8) is 0 Å². The number of carboxylic acids is 2. The number of benzene rings is 1. The molecule has 1 aliphatic rings. The van der Waals surface area contributed by atoms with E-state index in [1.807, 2.05) is 10.6 Å². The fourth-order valence-electron chi connectivity index (χ4n) is 3.11. The Morgan fingerprint density at radius 1 is 1.21 bits per heavy atom. The second-order valence-corrected chi connectivity index (χ2v) is 6.32. The minimum Gasteiger partial charge on any atom is -0.477 e. The molecule has 0 radical (unpaired) electrons. The van der Waals surface area contributed by atoms with E-state index in [9.17, 15) is 27.9 Å². The number of nitrogens with two attached hydrogens (primary N) is 1. The van der Waals surface area contributed by atoms with Gasteiger partial charge in [0.05, 0.1) is 5.52 Å². The van der Waals surface area contributed by atoms with Crippen molar-refractivity contribution in [2.45, 2.75) is 38.4 Å². The second kappa shape index (κ2) is 8.42. The Hall–Kier alpha value is -2.88. The van der Waals surface area contributed by atoms with E-state index in [2.05, 4.69) is 6.07 Å². The van der Waals surface area contributed by atoms with Crippen molar-refractivity contribution in [3.05, 3.63) is 45.2 Å². The fraction of sp³-hybridized carbons (Fsp3) is 0.389. The van der Waals surface area contributed by atoms with Gasteiger partial charge in [-0.25, -0.2) is 9.59 Å². The van der Waals surface area contributed by atoms with Gasteiger partial charge in [0.15, 0.2) is 0 Å². The van der Waals surface area contributed by atoms with Crippen molar-refractivity contribution in [3.8, 4) is 0 Å². The molecule has 0 amide bonds. The van der Waals surface area contributed by atoms with Crippen LogP contribution in [0, 0.1) is 0 Å². The first-order chi connectivity index (χ1) is 13.1. The Morgan fingerprint density at radius 3 is 2.39 bits per heavy atom. The summed E-state index contributed by atoms with van der Waals surface area (Å²) in [5.41, 5.74) is 8.12. The maximum absolute atomic E-state index is 12.4. The highest BCUT2D eigenvalue weighted by atomic mass is 19.4. The van der Waals surface area contributed by atoms with Crippen LogP contribution in [0.1, 0.15) is 34.3 Å². The van der Waals surface area contributed by atoms with E-state index >= 15 is 0 Å². The van der Waals surface area contributed by atoms with Crippen LogP contribution < -0.4 is 11.2 Å². The molecule has 1 aromatic carbocycles. The molecule has 1 aromatic heterocycles. The number of aliphatic carboxylic acids is 1. The molecule has 1 aliphatic heterocycles. The van der Waals surface area contributed by atoms with Gasteiger partial charge in [0, 0.05) is 18.1 Å². The summed E-state index contributed by atoms with van der Waals surface area (Å²) < 4.78 is 33.6. The number of carboxylic acid groups (broad SMARTS) is 2. The molecular formula is C18H19F3N2O5. The van der Waals surface area contributed by atoms with Crippen LogP contribution in [-0.4, -0.2) is 39.4 Å². The normalized spacial score (nSPS) is 13.0. The Bertz CT molecular complexity index is 966. The van der Waals surface area contributed by atoms with Gasteiger partial charge < -0.3 is 20.5 Å². The fourth-order valence-corrected chi connectivity index (χ4v) is 3.11.